The molecule has 1 aliphatic carbocycles. The standard InChI is InChI=1S/C11H15N3O2S/c1-7-9(13-17-12-7)10(15)14-6-2-3-8(14)11(16)4-5-11/h8,16H,2-6H2,1H3. The summed E-state index contributed by atoms with van der Waals surface area (Å²) in [7, 11) is 0. The Morgan fingerprint density at radius 3 is 2.88 bits per heavy atom. The van der Waals surface area contributed by atoms with E-state index in [1.807, 2.05) is 0 Å². The number of aryl methyl sites for hydroxylation is 1. The maximum Gasteiger partial charge on any atom is 0.275 e. The molecule has 0 radical (unpaired) electrons. The summed E-state index contributed by atoms with van der Waals surface area (Å²) in [6, 6.07) is -0.0175. The lowest BCUT2D eigenvalue weighted by molar-refractivity contribution is 0.0382. The molecule has 1 N–H and O–H groups in total. The van der Waals surface area contributed by atoms with Gasteiger partial charge in [0.1, 0.15) is 0 Å². The van der Waals surface area contributed by atoms with Crippen molar-refractivity contribution >= 4 is 17.6 Å². The summed E-state index contributed by atoms with van der Waals surface area (Å²) in [6.07, 6.45) is 3.50. The van der Waals surface area contributed by atoms with Crippen LogP contribution >= 0.6 is 11.7 Å². The second kappa shape index (κ2) is 3.74. The van der Waals surface area contributed by atoms with Crippen LogP contribution < -0.4 is 0 Å². The molecular weight excluding hydrogens is 238 g/mol. The summed E-state index contributed by atoms with van der Waals surface area (Å²) in [5.74, 6) is -0.0703. The lowest BCUT2D eigenvalue weighted by Crippen LogP contribution is -2.44. The third kappa shape index (κ3) is 1.75. The molecule has 1 aliphatic heterocycles. The quantitative estimate of drug-likeness (QED) is 0.853. The molecule has 2 fully saturated rings. The number of aromatic nitrogens is 2. The normalized spacial score (nSPS) is 26.2. The van der Waals surface area contributed by atoms with Gasteiger partial charge >= 0.3 is 0 Å². The number of nitrogens with zero attached hydrogens (tertiary/aromatic N) is 3. The summed E-state index contributed by atoms with van der Waals surface area (Å²) in [6.45, 7) is 2.52. The first-order valence-electron chi connectivity index (χ1n) is 5.94. The molecule has 5 nitrogen and oxygen atoms in total. The predicted molar refractivity (Wildman–Crippen MR) is 62.9 cm³/mol. The molecule has 0 bridgehead atoms. The van der Waals surface area contributed by atoms with Gasteiger partial charge in [0.05, 0.1) is 29.1 Å². The van der Waals surface area contributed by atoms with Crippen molar-refractivity contribution in [3.05, 3.63) is 11.4 Å². The topological polar surface area (TPSA) is 66.3 Å². The van der Waals surface area contributed by atoms with Crippen LogP contribution in [0.2, 0.25) is 0 Å². The first kappa shape index (κ1) is 11.1. The molecule has 1 aromatic heterocycles. The van der Waals surface area contributed by atoms with E-state index in [1.54, 1.807) is 11.8 Å². The molecule has 1 amide bonds. The molecule has 6 heteroatoms. The van der Waals surface area contributed by atoms with Crippen LogP contribution in [0.1, 0.15) is 41.9 Å². The Hall–Kier alpha value is -1.01. The third-order valence-corrected chi connectivity index (χ3v) is 4.37. The van der Waals surface area contributed by atoms with Crippen LogP contribution in [0.5, 0.6) is 0 Å². The van der Waals surface area contributed by atoms with Crippen LogP contribution in [0.4, 0.5) is 0 Å². The summed E-state index contributed by atoms with van der Waals surface area (Å²) >= 11 is 1.07. The zero-order valence-corrected chi connectivity index (χ0v) is 10.5. The predicted octanol–water partition coefficient (Wildman–Crippen LogP) is 0.976. The SMILES string of the molecule is Cc1nsnc1C(=O)N1CCCC1C1(O)CC1. The van der Waals surface area contributed by atoms with Crippen LogP contribution in [0.15, 0.2) is 0 Å². The van der Waals surface area contributed by atoms with E-state index in [1.165, 1.54) is 0 Å². The minimum atomic E-state index is -0.622. The van der Waals surface area contributed by atoms with Crippen molar-refractivity contribution in [2.24, 2.45) is 0 Å². The Labute approximate surface area is 104 Å². The molecule has 3 rings (SSSR count). The maximum absolute atomic E-state index is 12.3. The number of hydrogen-bond acceptors (Lipinski definition) is 5. The van der Waals surface area contributed by atoms with E-state index < -0.39 is 5.60 Å². The highest BCUT2D eigenvalue weighted by Gasteiger charge is 2.53. The largest absolute Gasteiger partial charge is 0.388 e. The molecule has 2 aliphatic rings. The molecule has 1 unspecified atom stereocenters. The van der Waals surface area contributed by atoms with Gasteiger partial charge in [-0.1, -0.05) is 0 Å². The van der Waals surface area contributed by atoms with E-state index in [-0.39, 0.29) is 11.9 Å². The van der Waals surface area contributed by atoms with Crippen LogP contribution in [0.25, 0.3) is 0 Å². The van der Waals surface area contributed by atoms with E-state index in [2.05, 4.69) is 8.75 Å². The van der Waals surface area contributed by atoms with Crippen LogP contribution in [0, 0.1) is 6.92 Å². The lowest BCUT2D eigenvalue weighted by Gasteiger charge is -2.28. The fraction of sp³-hybridized carbons (Fsp3) is 0.727. The van der Waals surface area contributed by atoms with Gasteiger partial charge in [-0.25, -0.2) is 0 Å². The summed E-state index contributed by atoms with van der Waals surface area (Å²) < 4.78 is 8.09. The molecule has 0 aromatic carbocycles. The van der Waals surface area contributed by atoms with Crippen molar-refractivity contribution in [3.63, 3.8) is 0 Å². The summed E-state index contributed by atoms with van der Waals surface area (Å²) in [4.78, 5) is 14.1. The van der Waals surface area contributed by atoms with E-state index in [9.17, 15) is 9.90 Å². The van der Waals surface area contributed by atoms with Crippen LogP contribution in [-0.2, 0) is 0 Å². The van der Waals surface area contributed by atoms with Crippen molar-refractivity contribution in [2.75, 3.05) is 6.54 Å². The number of rotatable bonds is 2. The van der Waals surface area contributed by atoms with Gasteiger partial charge in [0.2, 0.25) is 0 Å². The number of amides is 1. The molecule has 1 atom stereocenters. The minimum Gasteiger partial charge on any atom is -0.388 e. The minimum absolute atomic E-state index is 0.0175. The van der Waals surface area contributed by atoms with Crippen molar-refractivity contribution < 1.29 is 9.90 Å². The monoisotopic (exact) mass is 253 g/mol. The Balaban J connectivity index is 1.84. The van der Waals surface area contributed by atoms with Gasteiger partial charge in [0, 0.05) is 6.54 Å². The van der Waals surface area contributed by atoms with Gasteiger partial charge in [0.25, 0.3) is 5.91 Å². The summed E-state index contributed by atoms with van der Waals surface area (Å²) in [5.41, 5.74) is 0.517. The Kier molecular flexibility index (Phi) is 2.45. The van der Waals surface area contributed by atoms with Crippen molar-refractivity contribution in [1.29, 1.82) is 0 Å². The number of likely N-dealkylation sites (tertiary alicyclic amines) is 1. The average molecular weight is 253 g/mol. The zero-order valence-electron chi connectivity index (χ0n) is 9.72. The van der Waals surface area contributed by atoms with E-state index >= 15 is 0 Å². The van der Waals surface area contributed by atoms with Crippen LogP contribution in [-0.4, -0.2) is 42.8 Å². The fourth-order valence-corrected chi connectivity index (χ4v) is 3.13. The van der Waals surface area contributed by atoms with Gasteiger partial charge < -0.3 is 10.0 Å². The number of carbonyl (C=O) groups excluding carboxylic acids is 1. The molecule has 1 saturated heterocycles. The third-order valence-electron chi connectivity index (χ3n) is 3.75. The van der Waals surface area contributed by atoms with Crippen molar-refractivity contribution in [3.8, 4) is 0 Å². The highest BCUT2D eigenvalue weighted by molar-refractivity contribution is 6.99. The van der Waals surface area contributed by atoms with Gasteiger partial charge in [-0.2, -0.15) is 8.75 Å². The summed E-state index contributed by atoms with van der Waals surface area (Å²) in [5, 5.41) is 10.2. The van der Waals surface area contributed by atoms with Gasteiger partial charge in [0.15, 0.2) is 5.69 Å². The molecule has 92 valence electrons. The van der Waals surface area contributed by atoms with Crippen molar-refractivity contribution in [2.45, 2.75) is 44.2 Å². The molecule has 17 heavy (non-hydrogen) atoms. The smallest absolute Gasteiger partial charge is 0.275 e. The first-order valence-corrected chi connectivity index (χ1v) is 6.67. The zero-order chi connectivity index (χ0) is 12.0. The molecular formula is C11H15N3O2S. The van der Waals surface area contributed by atoms with Gasteiger partial charge in [-0.15, -0.1) is 0 Å². The Morgan fingerprint density at radius 1 is 1.53 bits per heavy atom. The molecule has 2 heterocycles. The second-order valence-electron chi connectivity index (χ2n) is 4.96. The molecule has 1 aromatic rings. The Bertz CT molecular complexity index is 455. The van der Waals surface area contributed by atoms with Crippen molar-refractivity contribution in [1.82, 2.24) is 13.6 Å². The molecule has 1 saturated carbocycles. The number of carbonyl (C=O) groups is 1. The second-order valence-corrected chi connectivity index (χ2v) is 5.49. The van der Waals surface area contributed by atoms with E-state index in [4.69, 9.17) is 0 Å². The highest BCUT2D eigenvalue weighted by atomic mass is 32.1. The number of hydrogen-bond donors (Lipinski definition) is 1. The van der Waals surface area contributed by atoms with E-state index in [0.29, 0.717) is 11.4 Å². The first-order chi connectivity index (χ1) is 8.12. The van der Waals surface area contributed by atoms with Gasteiger partial charge in [-0.3, -0.25) is 4.79 Å². The number of aliphatic hydroxyl groups is 1. The molecule has 0 spiro atoms. The maximum atomic E-state index is 12.3. The lowest BCUT2D eigenvalue weighted by atomic mass is 10.1. The fourth-order valence-electron chi connectivity index (χ4n) is 2.59. The van der Waals surface area contributed by atoms with E-state index in [0.717, 1.165) is 44.0 Å². The highest BCUT2D eigenvalue weighted by Crippen LogP contribution is 2.44. The van der Waals surface area contributed by atoms with Crippen LogP contribution in [0.3, 0.4) is 0 Å². The average Bonchev–Trinajstić information content (AvgIpc) is 2.78. The van der Waals surface area contributed by atoms with Gasteiger partial charge in [-0.05, 0) is 32.6 Å². The Morgan fingerprint density at radius 2 is 2.29 bits per heavy atom.